The van der Waals surface area contributed by atoms with E-state index in [1.807, 2.05) is 0 Å². The Labute approximate surface area is 84.8 Å². The Balaban J connectivity index is 2.37. The normalized spacial score (nSPS) is 10.4. The van der Waals surface area contributed by atoms with Crippen LogP contribution in [0.1, 0.15) is 18.9 Å². The van der Waals surface area contributed by atoms with Crippen molar-refractivity contribution in [1.82, 2.24) is 4.98 Å². The Hall–Kier alpha value is -1.50. The van der Waals surface area contributed by atoms with Crippen LogP contribution in [0.4, 0.5) is 0 Å². The molecule has 0 aliphatic rings. The number of H-pyrrole nitrogens is 1. The maximum Gasteiger partial charge on any atom is 0.00870 e. The molecule has 0 aliphatic heterocycles. The highest BCUT2D eigenvalue weighted by molar-refractivity contribution is 5.66. The average Bonchev–Trinajstić information content (AvgIpc) is 2.68. The van der Waals surface area contributed by atoms with Crippen LogP contribution in [-0.2, 0) is 6.42 Å². The van der Waals surface area contributed by atoms with Crippen molar-refractivity contribution in [2.24, 2.45) is 0 Å². The van der Waals surface area contributed by atoms with Crippen LogP contribution >= 0.6 is 0 Å². The minimum absolute atomic E-state index is 1.15. The fourth-order valence-corrected chi connectivity index (χ4v) is 1.76. The van der Waals surface area contributed by atoms with Crippen LogP contribution in [0.25, 0.3) is 11.1 Å². The summed E-state index contributed by atoms with van der Waals surface area (Å²) in [5.41, 5.74) is 4.06. The van der Waals surface area contributed by atoms with Crippen molar-refractivity contribution in [1.29, 1.82) is 0 Å². The van der Waals surface area contributed by atoms with Gasteiger partial charge in [0.15, 0.2) is 0 Å². The molecule has 0 amide bonds. The molecule has 0 bridgehead atoms. The second-order valence-electron chi connectivity index (χ2n) is 3.51. The minimum Gasteiger partial charge on any atom is -0.367 e. The lowest BCUT2D eigenvalue weighted by Gasteiger charge is -2.01. The van der Waals surface area contributed by atoms with Crippen LogP contribution in [0.5, 0.6) is 0 Å². The molecule has 1 aromatic heterocycles. The molecule has 0 atom stereocenters. The van der Waals surface area contributed by atoms with Crippen molar-refractivity contribution in [2.45, 2.75) is 19.8 Å². The largest absolute Gasteiger partial charge is 0.367 e. The second-order valence-corrected chi connectivity index (χ2v) is 3.51. The van der Waals surface area contributed by atoms with Crippen molar-refractivity contribution in [3.8, 4) is 11.1 Å². The monoisotopic (exact) mass is 185 g/mol. The number of benzene rings is 1. The molecular weight excluding hydrogens is 170 g/mol. The SMILES string of the molecule is CCCc1c[nH]cc1-c1ccccc1. The Bertz CT molecular complexity index is 387. The molecule has 0 saturated carbocycles. The summed E-state index contributed by atoms with van der Waals surface area (Å²) in [6.07, 6.45) is 6.53. The van der Waals surface area contributed by atoms with E-state index in [1.165, 1.54) is 23.1 Å². The van der Waals surface area contributed by atoms with Gasteiger partial charge in [0.1, 0.15) is 0 Å². The predicted molar refractivity (Wildman–Crippen MR) is 60.2 cm³/mol. The Morgan fingerprint density at radius 1 is 1.07 bits per heavy atom. The van der Waals surface area contributed by atoms with E-state index in [4.69, 9.17) is 0 Å². The van der Waals surface area contributed by atoms with E-state index >= 15 is 0 Å². The van der Waals surface area contributed by atoms with E-state index in [0.29, 0.717) is 0 Å². The van der Waals surface area contributed by atoms with Gasteiger partial charge in [0.2, 0.25) is 0 Å². The predicted octanol–water partition coefficient (Wildman–Crippen LogP) is 3.63. The topological polar surface area (TPSA) is 15.8 Å². The summed E-state index contributed by atoms with van der Waals surface area (Å²) in [7, 11) is 0. The van der Waals surface area contributed by atoms with E-state index in [9.17, 15) is 0 Å². The molecule has 72 valence electrons. The van der Waals surface area contributed by atoms with Crippen molar-refractivity contribution >= 4 is 0 Å². The zero-order chi connectivity index (χ0) is 9.80. The summed E-state index contributed by atoms with van der Waals surface area (Å²) in [4.78, 5) is 3.18. The van der Waals surface area contributed by atoms with Crippen LogP contribution in [0.15, 0.2) is 42.7 Å². The lowest BCUT2D eigenvalue weighted by Crippen LogP contribution is -1.83. The van der Waals surface area contributed by atoms with Gasteiger partial charge in [-0.1, -0.05) is 43.7 Å². The summed E-state index contributed by atoms with van der Waals surface area (Å²) in [6, 6.07) is 10.5. The molecule has 0 saturated heterocycles. The van der Waals surface area contributed by atoms with Gasteiger partial charge in [-0.3, -0.25) is 0 Å². The molecule has 2 rings (SSSR count). The van der Waals surface area contributed by atoms with Crippen LogP contribution < -0.4 is 0 Å². The maximum absolute atomic E-state index is 3.18. The summed E-state index contributed by atoms with van der Waals surface area (Å²) in [6.45, 7) is 2.21. The fraction of sp³-hybridized carbons (Fsp3) is 0.231. The summed E-state index contributed by atoms with van der Waals surface area (Å²) >= 11 is 0. The van der Waals surface area contributed by atoms with E-state index in [2.05, 4.69) is 54.6 Å². The first kappa shape index (κ1) is 9.07. The van der Waals surface area contributed by atoms with Crippen LogP contribution in [0, 0.1) is 0 Å². The zero-order valence-corrected chi connectivity index (χ0v) is 8.46. The average molecular weight is 185 g/mol. The number of hydrogen-bond donors (Lipinski definition) is 1. The molecule has 0 spiro atoms. The quantitative estimate of drug-likeness (QED) is 0.751. The number of rotatable bonds is 3. The zero-order valence-electron chi connectivity index (χ0n) is 8.46. The molecule has 0 aliphatic carbocycles. The Kier molecular flexibility index (Phi) is 2.68. The standard InChI is InChI=1S/C13H15N/c1-2-6-12-9-14-10-13(12)11-7-4-3-5-8-11/h3-5,7-10,14H,2,6H2,1H3. The van der Waals surface area contributed by atoms with Crippen molar-refractivity contribution in [2.75, 3.05) is 0 Å². The molecule has 0 unspecified atom stereocenters. The van der Waals surface area contributed by atoms with Gasteiger partial charge in [-0.25, -0.2) is 0 Å². The Morgan fingerprint density at radius 3 is 2.57 bits per heavy atom. The third-order valence-electron chi connectivity index (χ3n) is 2.44. The van der Waals surface area contributed by atoms with Crippen LogP contribution in [-0.4, -0.2) is 4.98 Å². The molecule has 1 heteroatoms. The first-order valence-electron chi connectivity index (χ1n) is 5.13. The maximum atomic E-state index is 3.18. The highest BCUT2D eigenvalue weighted by Gasteiger charge is 2.03. The van der Waals surface area contributed by atoms with E-state index in [0.717, 1.165) is 6.42 Å². The lowest BCUT2D eigenvalue weighted by molar-refractivity contribution is 0.925. The number of aryl methyl sites for hydroxylation is 1. The highest BCUT2D eigenvalue weighted by Crippen LogP contribution is 2.23. The molecule has 1 aromatic carbocycles. The molecule has 1 N–H and O–H groups in total. The van der Waals surface area contributed by atoms with Gasteiger partial charge in [0, 0.05) is 18.0 Å². The van der Waals surface area contributed by atoms with Crippen molar-refractivity contribution < 1.29 is 0 Å². The molecule has 2 aromatic rings. The molecule has 1 heterocycles. The third-order valence-corrected chi connectivity index (χ3v) is 2.44. The first-order valence-corrected chi connectivity index (χ1v) is 5.13. The Morgan fingerprint density at radius 2 is 1.86 bits per heavy atom. The van der Waals surface area contributed by atoms with Gasteiger partial charge in [-0.05, 0) is 17.5 Å². The summed E-state index contributed by atoms with van der Waals surface area (Å²) in [5, 5.41) is 0. The number of hydrogen-bond acceptors (Lipinski definition) is 0. The van der Waals surface area contributed by atoms with E-state index in [-0.39, 0.29) is 0 Å². The molecule has 14 heavy (non-hydrogen) atoms. The van der Waals surface area contributed by atoms with E-state index in [1.54, 1.807) is 0 Å². The summed E-state index contributed by atoms with van der Waals surface area (Å²) in [5.74, 6) is 0. The van der Waals surface area contributed by atoms with E-state index < -0.39 is 0 Å². The first-order chi connectivity index (χ1) is 6.92. The van der Waals surface area contributed by atoms with Crippen LogP contribution in [0.2, 0.25) is 0 Å². The molecule has 1 nitrogen and oxygen atoms in total. The second kappa shape index (κ2) is 4.14. The van der Waals surface area contributed by atoms with Gasteiger partial charge >= 0.3 is 0 Å². The molecule has 0 fully saturated rings. The van der Waals surface area contributed by atoms with Gasteiger partial charge in [-0.15, -0.1) is 0 Å². The smallest absolute Gasteiger partial charge is 0.00870 e. The molecule has 0 radical (unpaired) electrons. The van der Waals surface area contributed by atoms with Gasteiger partial charge in [0.05, 0.1) is 0 Å². The highest BCUT2D eigenvalue weighted by atomic mass is 14.6. The number of aromatic nitrogens is 1. The van der Waals surface area contributed by atoms with Gasteiger partial charge in [0.25, 0.3) is 0 Å². The third kappa shape index (κ3) is 1.72. The lowest BCUT2D eigenvalue weighted by atomic mass is 10.0. The number of aromatic amines is 1. The van der Waals surface area contributed by atoms with Gasteiger partial charge < -0.3 is 4.98 Å². The number of nitrogens with one attached hydrogen (secondary N) is 1. The minimum atomic E-state index is 1.15. The fourth-order valence-electron chi connectivity index (χ4n) is 1.76. The van der Waals surface area contributed by atoms with Crippen molar-refractivity contribution in [3.05, 3.63) is 48.3 Å². The summed E-state index contributed by atoms with van der Waals surface area (Å²) < 4.78 is 0. The molecular formula is C13H15N. The van der Waals surface area contributed by atoms with Crippen LogP contribution in [0.3, 0.4) is 0 Å². The van der Waals surface area contributed by atoms with Crippen molar-refractivity contribution in [3.63, 3.8) is 0 Å². The van der Waals surface area contributed by atoms with Gasteiger partial charge in [-0.2, -0.15) is 0 Å².